The molecule has 0 saturated heterocycles. The van der Waals surface area contributed by atoms with Gasteiger partial charge in [0.2, 0.25) is 5.91 Å². The molecule has 2 N–H and O–H groups in total. The van der Waals surface area contributed by atoms with Crippen LogP contribution in [0.5, 0.6) is 0 Å². The van der Waals surface area contributed by atoms with E-state index in [2.05, 4.69) is 22.4 Å². The average Bonchev–Trinajstić information content (AvgIpc) is 3.30. The van der Waals surface area contributed by atoms with Crippen LogP contribution in [0.4, 0.5) is 10.5 Å². The molecule has 4 aromatic rings. The predicted molar refractivity (Wildman–Crippen MR) is 151 cm³/mol. The smallest absolute Gasteiger partial charge is 0.322 e. The third kappa shape index (κ3) is 6.58. The van der Waals surface area contributed by atoms with Crippen molar-refractivity contribution in [1.82, 2.24) is 14.8 Å². The summed E-state index contributed by atoms with van der Waals surface area (Å²) in [7, 11) is 0. The first-order valence-corrected chi connectivity index (χ1v) is 12.8. The van der Waals surface area contributed by atoms with E-state index in [0.29, 0.717) is 13.1 Å². The largest absolute Gasteiger partial charge is 0.361 e. The Balaban J connectivity index is 1.50. The number of aryl methyl sites for hydroxylation is 2. The quantitative estimate of drug-likeness (QED) is 0.286. The van der Waals surface area contributed by atoms with Crippen LogP contribution in [0, 0.1) is 13.8 Å². The van der Waals surface area contributed by atoms with E-state index in [-0.39, 0.29) is 24.5 Å². The van der Waals surface area contributed by atoms with E-state index in [1.165, 1.54) is 10.9 Å². The number of fused-ring (bicyclic) bond motifs is 1. The zero-order valence-corrected chi connectivity index (χ0v) is 22.1. The Hall–Kier alpha value is -4.06. The zero-order valence-electron chi connectivity index (χ0n) is 22.1. The second kappa shape index (κ2) is 11.8. The number of carbonyl (C=O) groups excluding carboxylic acids is 2. The molecule has 3 aromatic carbocycles. The fourth-order valence-corrected chi connectivity index (χ4v) is 4.57. The van der Waals surface area contributed by atoms with Gasteiger partial charge in [-0.3, -0.25) is 4.79 Å². The molecule has 0 fully saturated rings. The summed E-state index contributed by atoms with van der Waals surface area (Å²) in [6.45, 7) is 8.92. The highest BCUT2D eigenvalue weighted by molar-refractivity contribution is 5.93. The van der Waals surface area contributed by atoms with Crippen LogP contribution in [0.3, 0.4) is 0 Å². The number of nitrogens with one attached hydrogen (secondary N) is 2. The number of amides is 3. The number of aromatic amines is 1. The minimum atomic E-state index is -0.272. The van der Waals surface area contributed by atoms with E-state index in [0.717, 1.165) is 34.3 Å². The molecule has 192 valence electrons. The Labute approximate surface area is 219 Å². The van der Waals surface area contributed by atoms with E-state index < -0.39 is 0 Å². The summed E-state index contributed by atoms with van der Waals surface area (Å²) in [5.74, 6) is -0.0758. The van der Waals surface area contributed by atoms with Gasteiger partial charge in [0.15, 0.2) is 0 Å². The third-order valence-corrected chi connectivity index (χ3v) is 6.71. The van der Waals surface area contributed by atoms with Gasteiger partial charge in [-0.1, -0.05) is 66.2 Å². The summed E-state index contributed by atoms with van der Waals surface area (Å²) in [4.78, 5) is 33.7. The molecule has 0 atom stereocenters. The lowest BCUT2D eigenvalue weighted by Gasteiger charge is -2.30. The molecule has 0 aliphatic heterocycles. The number of hydrogen-bond donors (Lipinski definition) is 2. The number of H-pyrrole nitrogens is 1. The van der Waals surface area contributed by atoms with Crippen molar-refractivity contribution in [2.24, 2.45) is 0 Å². The molecule has 6 heteroatoms. The van der Waals surface area contributed by atoms with Crippen molar-refractivity contribution in [3.05, 3.63) is 101 Å². The standard InChI is InChI=1S/C31H36N4O2/c1-22(2)35(31(37)33-28-15-14-23(3)18-24(28)4)21-30(36)34(20-25-10-6-5-7-11-25)17-16-26-19-32-29-13-9-8-12-27(26)29/h5-15,18-19,22,32H,16-17,20-21H2,1-4H3,(H,33,37). The number of carbonyl (C=O) groups is 2. The maximum atomic E-state index is 13.7. The summed E-state index contributed by atoms with van der Waals surface area (Å²) >= 11 is 0. The molecule has 0 aliphatic carbocycles. The van der Waals surface area contributed by atoms with Crippen molar-refractivity contribution in [2.45, 2.75) is 46.7 Å². The molecule has 0 aliphatic rings. The molecular weight excluding hydrogens is 460 g/mol. The van der Waals surface area contributed by atoms with Gasteiger partial charge >= 0.3 is 6.03 Å². The molecule has 1 heterocycles. The van der Waals surface area contributed by atoms with Crippen LogP contribution < -0.4 is 5.32 Å². The molecule has 3 amide bonds. The van der Waals surface area contributed by atoms with Crippen LogP contribution in [-0.4, -0.2) is 45.9 Å². The third-order valence-electron chi connectivity index (χ3n) is 6.71. The number of para-hydroxylation sites is 1. The van der Waals surface area contributed by atoms with E-state index in [4.69, 9.17) is 0 Å². The molecule has 0 unspecified atom stereocenters. The van der Waals surface area contributed by atoms with Crippen LogP contribution in [0.1, 0.15) is 36.1 Å². The maximum absolute atomic E-state index is 13.7. The molecule has 0 bridgehead atoms. The van der Waals surface area contributed by atoms with E-state index in [1.807, 2.05) is 99.5 Å². The number of benzene rings is 3. The first-order chi connectivity index (χ1) is 17.8. The number of rotatable bonds is 9. The summed E-state index contributed by atoms with van der Waals surface area (Å²) < 4.78 is 0. The summed E-state index contributed by atoms with van der Waals surface area (Å²) in [6.07, 6.45) is 2.74. The van der Waals surface area contributed by atoms with Crippen molar-refractivity contribution >= 4 is 28.5 Å². The Bertz CT molecular complexity index is 1360. The lowest BCUT2D eigenvalue weighted by Crippen LogP contribution is -2.47. The summed E-state index contributed by atoms with van der Waals surface area (Å²) in [5.41, 5.74) is 6.22. The number of aromatic nitrogens is 1. The summed E-state index contributed by atoms with van der Waals surface area (Å²) in [5, 5.41) is 4.17. The molecule has 37 heavy (non-hydrogen) atoms. The highest BCUT2D eigenvalue weighted by Crippen LogP contribution is 2.20. The van der Waals surface area contributed by atoms with Gasteiger partial charge in [0.1, 0.15) is 6.54 Å². The van der Waals surface area contributed by atoms with E-state index in [9.17, 15) is 9.59 Å². The second-order valence-electron chi connectivity index (χ2n) is 9.88. The first-order valence-electron chi connectivity index (χ1n) is 12.8. The lowest BCUT2D eigenvalue weighted by atomic mass is 10.1. The van der Waals surface area contributed by atoms with Gasteiger partial charge in [-0.05, 0) is 62.9 Å². The van der Waals surface area contributed by atoms with E-state index in [1.54, 1.807) is 4.90 Å². The Morgan fingerprint density at radius 2 is 1.68 bits per heavy atom. The fraction of sp³-hybridized carbons (Fsp3) is 0.290. The van der Waals surface area contributed by atoms with Gasteiger partial charge in [0.25, 0.3) is 0 Å². The highest BCUT2D eigenvalue weighted by atomic mass is 16.2. The van der Waals surface area contributed by atoms with E-state index >= 15 is 0 Å². The van der Waals surface area contributed by atoms with Crippen LogP contribution in [-0.2, 0) is 17.8 Å². The minimum absolute atomic E-state index is 0.00905. The fourth-order valence-electron chi connectivity index (χ4n) is 4.57. The second-order valence-corrected chi connectivity index (χ2v) is 9.88. The number of nitrogens with zero attached hydrogens (tertiary/aromatic N) is 2. The first kappa shape index (κ1) is 26.0. The normalized spacial score (nSPS) is 11.1. The maximum Gasteiger partial charge on any atom is 0.322 e. The van der Waals surface area contributed by atoms with Crippen LogP contribution >= 0.6 is 0 Å². The van der Waals surface area contributed by atoms with Gasteiger partial charge in [0, 0.05) is 41.9 Å². The number of urea groups is 1. The van der Waals surface area contributed by atoms with Crippen molar-refractivity contribution in [3.63, 3.8) is 0 Å². The zero-order chi connectivity index (χ0) is 26.4. The van der Waals surface area contributed by atoms with Crippen molar-refractivity contribution in [3.8, 4) is 0 Å². The monoisotopic (exact) mass is 496 g/mol. The van der Waals surface area contributed by atoms with Crippen LogP contribution in [0.15, 0.2) is 79.0 Å². The van der Waals surface area contributed by atoms with Gasteiger partial charge in [-0.2, -0.15) is 0 Å². The van der Waals surface area contributed by atoms with Crippen molar-refractivity contribution in [2.75, 3.05) is 18.4 Å². The predicted octanol–water partition coefficient (Wildman–Crippen LogP) is 6.30. The molecular formula is C31H36N4O2. The Kier molecular flexibility index (Phi) is 8.29. The topological polar surface area (TPSA) is 68.4 Å². The Morgan fingerprint density at radius 1 is 0.946 bits per heavy atom. The van der Waals surface area contributed by atoms with Crippen molar-refractivity contribution in [1.29, 1.82) is 0 Å². The SMILES string of the molecule is Cc1ccc(NC(=O)N(CC(=O)N(CCc2c[nH]c3ccccc23)Cc2ccccc2)C(C)C)c(C)c1. The average molecular weight is 497 g/mol. The van der Waals surface area contributed by atoms with Crippen molar-refractivity contribution < 1.29 is 9.59 Å². The lowest BCUT2D eigenvalue weighted by molar-refractivity contribution is -0.132. The van der Waals surface area contributed by atoms with Gasteiger partial charge in [-0.25, -0.2) is 4.79 Å². The molecule has 6 nitrogen and oxygen atoms in total. The molecule has 0 spiro atoms. The number of anilines is 1. The van der Waals surface area contributed by atoms with Gasteiger partial charge in [-0.15, -0.1) is 0 Å². The summed E-state index contributed by atoms with van der Waals surface area (Å²) in [6, 6.07) is 23.7. The van der Waals surface area contributed by atoms with Gasteiger partial charge in [0.05, 0.1) is 0 Å². The molecule has 0 radical (unpaired) electrons. The molecule has 1 aromatic heterocycles. The van der Waals surface area contributed by atoms with Gasteiger partial charge < -0.3 is 20.1 Å². The van der Waals surface area contributed by atoms with Crippen LogP contribution in [0.25, 0.3) is 10.9 Å². The highest BCUT2D eigenvalue weighted by Gasteiger charge is 2.24. The minimum Gasteiger partial charge on any atom is -0.361 e. The Morgan fingerprint density at radius 3 is 2.41 bits per heavy atom. The number of hydrogen-bond acceptors (Lipinski definition) is 2. The molecule has 0 saturated carbocycles. The van der Waals surface area contributed by atoms with Crippen LogP contribution in [0.2, 0.25) is 0 Å². The molecule has 4 rings (SSSR count).